The molecule has 2 fully saturated rings. The zero-order valence-electron chi connectivity index (χ0n) is 4.43. The molecule has 0 aromatic heterocycles. The van der Waals surface area contributed by atoms with Gasteiger partial charge in [0.05, 0.1) is 0 Å². The van der Waals surface area contributed by atoms with E-state index in [1.165, 1.54) is 25.9 Å². The third kappa shape index (κ3) is 0.418. The summed E-state index contributed by atoms with van der Waals surface area (Å²) < 4.78 is 0. The van der Waals surface area contributed by atoms with Crippen molar-refractivity contribution in [3.63, 3.8) is 0 Å². The molecule has 1 nitrogen and oxygen atoms in total. The number of nitrogens with zero attached hydrogens (tertiary/aromatic N) is 1. The van der Waals surface area contributed by atoms with Gasteiger partial charge in [-0.3, -0.25) is 4.90 Å². The minimum atomic E-state index is 0.972. The number of fused-ring (bicyclic) bond motifs is 1. The van der Waals surface area contributed by atoms with Crippen molar-refractivity contribution < 1.29 is 0 Å². The van der Waals surface area contributed by atoms with Crippen LogP contribution in [0.1, 0.15) is 12.8 Å². The highest BCUT2D eigenvalue weighted by Crippen LogP contribution is 2.26. The molecule has 1 radical (unpaired) electrons. The predicted molar refractivity (Wildman–Crippen MR) is 28.9 cm³/mol. The van der Waals surface area contributed by atoms with Gasteiger partial charge in [0.25, 0.3) is 0 Å². The minimum absolute atomic E-state index is 0.972. The maximum Gasteiger partial charge on any atom is 0.0111 e. The molecular formula is C6H10N. The van der Waals surface area contributed by atoms with Crippen molar-refractivity contribution in [3.05, 3.63) is 6.42 Å². The number of hydrogen-bond acceptors (Lipinski definition) is 1. The minimum Gasteiger partial charge on any atom is -0.300 e. The van der Waals surface area contributed by atoms with Gasteiger partial charge in [0.2, 0.25) is 0 Å². The molecule has 1 heteroatoms. The van der Waals surface area contributed by atoms with E-state index in [0.29, 0.717) is 0 Å². The van der Waals surface area contributed by atoms with E-state index in [9.17, 15) is 0 Å². The third-order valence-corrected chi connectivity index (χ3v) is 2.07. The van der Waals surface area contributed by atoms with Crippen LogP contribution in [-0.2, 0) is 0 Å². The van der Waals surface area contributed by atoms with Crippen molar-refractivity contribution in [2.75, 3.05) is 13.1 Å². The molecule has 0 saturated carbocycles. The van der Waals surface area contributed by atoms with Crippen molar-refractivity contribution in [2.45, 2.75) is 18.9 Å². The molecule has 2 aliphatic rings. The maximum atomic E-state index is 2.53. The van der Waals surface area contributed by atoms with E-state index in [4.69, 9.17) is 0 Å². The Hall–Kier alpha value is -0.0400. The molecule has 2 saturated heterocycles. The van der Waals surface area contributed by atoms with Crippen molar-refractivity contribution in [3.8, 4) is 0 Å². The largest absolute Gasteiger partial charge is 0.300 e. The molecule has 0 aromatic carbocycles. The predicted octanol–water partition coefficient (Wildman–Crippen LogP) is 0.669. The fourth-order valence-electron chi connectivity index (χ4n) is 1.43. The van der Waals surface area contributed by atoms with Crippen LogP contribution in [0.2, 0.25) is 0 Å². The van der Waals surface area contributed by atoms with Crippen LogP contribution in [0.15, 0.2) is 0 Å². The van der Waals surface area contributed by atoms with E-state index in [0.717, 1.165) is 6.04 Å². The molecule has 0 aromatic rings. The molecule has 2 aliphatic heterocycles. The smallest absolute Gasteiger partial charge is 0.0111 e. The lowest BCUT2D eigenvalue weighted by Gasteiger charge is -2.34. The highest BCUT2D eigenvalue weighted by Gasteiger charge is 2.31. The zero-order chi connectivity index (χ0) is 4.69. The van der Waals surface area contributed by atoms with Crippen LogP contribution in [0.3, 0.4) is 0 Å². The maximum absolute atomic E-state index is 2.53. The van der Waals surface area contributed by atoms with Crippen molar-refractivity contribution in [2.24, 2.45) is 0 Å². The van der Waals surface area contributed by atoms with Crippen LogP contribution in [0.5, 0.6) is 0 Å². The third-order valence-electron chi connectivity index (χ3n) is 2.07. The van der Waals surface area contributed by atoms with Gasteiger partial charge < -0.3 is 0 Å². The summed E-state index contributed by atoms with van der Waals surface area (Å²) in [5, 5.41) is 0. The molecule has 0 spiro atoms. The second-order valence-electron chi connectivity index (χ2n) is 2.46. The molecule has 1 unspecified atom stereocenters. The summed E-state index contributed by atoms with van der Waals surface area (Å²) in [6.45, 7) is 2.63. The fourth-order valence-corrected chi connectivity index (χ4v) is 1.43. The molecule has 2 rings (SSSR count). The van der Waals surface area contributed by atoms with Crippen LogP contribution in [-0.4, -0.2) is 24.0 Å². The van der Waals surface area contributed by atoms with E-state index in [2.05, 4.69) is 11.3 Å². The molecular weight excluding hydrogens is 86.1 g/mol. The average Bonchev–Trinajstić information content (AvgIpc) is 1.85. The summed E-state index contributed by atoms with van der Waals surface area (Å²) >= 11 is 0. The van der Waals surface area contributed by atoms with Gasteiger partial charge in [-0.2, -0.15) is 0 Å². The van der Waals surface area contributed by atoms with E-state index in [-0.39, 0.29) is 0 Å². The Balaban J connectivity index is 2.03. The Morgan fingerprint density at radius 3 is 2.86 bits per heavy atom. The molecule has 7 heavy (non-hydrogen) atoms. The summed E-state index contributed by atoms with van der Waals surface area (Å²) in [5.41, 5.74) is 0. The van der Waals surface area contributed by atoms with E-state index >= 15 is 0 Å². The second-order valence-corrected chi connectivity index (χ2v) is 2.46. The van der Waals surface area contributed by atoms with E-state index < -0.39 is 0 Å². The Kier molecular flexibility index (Phi) is 0.680. The monoisotopic (exact) mass is 96.1 g/mol. The van der Waals surface area contributed by atoms with Crippen LogP contribution >= 0.6 is 0 Å². The molecule has 0 amide bonds. The first-order valence-electron chi connectivity index (χ1n) is 3.02. The molecule has 39 valence electrons. The Bertz CT molecular complexity index is 70.2. The van der Waals surface area contributed by atoms with Crippen LogP contribution < -0.4 is 0 Å². The normalized spacial score (nSPS) is 40.3. The lowest BCUT2D eigenvalue weighted by Crippen LogP contribution is -2.42. The Morgan fingerprint density at radius 2 is 2.57 bits per heavy atom. The van der Waals surface area contributed by atoms with Crippen molar-refractivity contribution in [1.82, 2.24) is 4.90 Å². The Morgan fingerprint density at radius 1 is 1.57 bits per heavy atom. The first-order chi connectivity index (χ1) is 3.47. The highest BCUT2D eigenvalue weighted by molar-refractivity contribution is 4.96. The lowest BCUT2D eigenvalue weighted by atomic mass is 10.1. The quantitative estimate of drug-likeness (QED) is 0.428. The fraction of sp³-hybridized carbons (Fsp3) is 0.833. The number of rotatable bonds is 0. The first-order valence-corrected chi connectivity index (χ1v) is 3.02. The van der Waals surface area contributed by atoms with Gasteiger partial charge in [-0.05, 0) is 25.8 Å². The first kappa shape index (κ1) is 3.90. The summed E-state index contributed by atoms with van der Waals surface area (Å²) in [6.07, 6.45) is 5.20. The molecule has 2 heterocycles. The lowest BCUT2D eigenvalue weighted by molar-refractivity contribution is 0.141. The summed E-state index contributed by atoms with van der Waals surface area (Å²) in [5.74, 6) is 0. The van der Waals surface area contributed by atoms with Gasteiger partial charge in [0.1, 0.15) is 0 Å². The standard InChI is InChI=1S/C6H10N/c1-2-6-3-5-7(6)4-1/h1,6H,2-5H2. The second kappa shape index (κ2) is 1.22. The van der Waals surface area contributed by atoms with Crippen molar-refractivity contribution >= 4 is 0 Å². The Labute approximate surface area is 44.3 Å². The van der Waals surface area contributed by atoms with Gasteiger partial charge >= 0.3 is 0 Å². The summed E-state index contributed by atoms with van der Waals surface area (Å²) in [6, 6.07) is 0.972. The summed E-state index contributed by atoms with van der Waals surface area (Å²) in [7, 11) is 0. The topological polar surface area (TPSA) is 3.24 Å². The van der Waals surface area contributed by atoms with Crippen molar-refractivity contribution in [1.29, 1.82) is 0 Å². The van der Waals surface area contributed by atoms with Crippen LogP contribution in [0.25, 0.3) is 0 Å². The molecule has 1 atom stereocenters. The van der Waals surface area contributed by atoms with Gasteiger partial charge in [0.15, 0.2) is 0 Å². The van der Waals surface area contributed by atoms with Gasteiger partial charge in [-0.15, -0.1) is 0 Å². The number of hydrogen-bond donors (Lipinski definition) is 0. The molecule has 0 aliphatic carbocycles. The van der Waals surface area contributed by atoms with Crippen LogP contribution in [0.4, 0.5) is 0 Å². The average molecular weight is 96.2 g/mol. The SMILES string of the molecule is [CH]1CC2CCN2C1. The molecule has 0 bridgehead atoms. The molecule has 0 N–H and O–H groups in total. The van der Waals surface area contributed by atoms with E-state index in [1.54, 1.807) is 0 Å². The van der Waals surface area contributed by atoms with Gasteiger partial charge in [-0.25, -0.2) is 0 Å². The van der Waals surface area contributed by atoms with Gasteiger partial charge in [-0.1, -0.05) is 0 Å². The van der Waals surface area contributed by atoms with E-state index in [1.807, 2.05) is 0 Å². The van der Waals surface area contributed by atoms with Gasteiger partial charge in [0, 0.05) is 12.6 Å². The van der Waals surface area contributed by atoms with Crippen LogP contribution in [0, 0.1) is 6.42 Å². The summed E-state index contributed by atoms with van der Waals surface area (Å²) in [4.78, 5) is 2.53. The highest BCUT2D eigenvalue weighted by atomic mass is 15.2. The zero-order valence-corrected chi connectivity index (χ0v) is 4.43.